The predicted molar refractivity (Wildman–Crippen MR) is 109 cm³/mol. The van der Waals surface area contributed by atoms with Crippen LogP contribution >= 0.6 is 23.2 Å². The standard InChI is InChI=1S/C17H15Cl2N3O7S/c1-10(21-30(27,28)13-5-2-11(18)3-6-13)17(24)29-9-16(23)20-12-4-7-14(19)15(8-12)22(25)26/h2-8,10,21H,9H2,1H3,(H,20,23)/t10-/m0/s1. The SMILES string of the molecule is C[C@H](NS(=O)(=O)c1ccc(Cl)cc1)C(=O)OCC(=O)Nc1ccc(Cl)c([N+](=O)[O-])c1. The molecule has 13 heteroatoms. The van der Waals surface area contributed by atoms with Gasteiger partial charge in [-0.15, -0.1) is 0 Å². The zero-order chi connectivity index (χ0) is 22.5. The second kappa shape index (κ2) is 9.85. The number of amides is 1. The van der Waals surface area contributed by atoms with Gasteiger partial charge in [0.25, 0.3) is 11.6 Å². The lowest BCUT2D eigenvalue weighted by Gasteiger charge is -2.14. The van der Waals surface area contributed by atoms with Gasteiger partial charge in [-0.3, -0.25) is 19.7 Å². The topological polar surface area (TPSA) is 145 Å². The van der Waals surface area contributed by atoms with Gasteiger partial charge in [0.15, 0.2) is 6.61 Å². The number of ether oxygens (including phenoxy) is 1. The summed E-state index contributed by atoms with van der Waals surface area (Å²) in [5.41, 5.74) is -0.333. The molecule has 2 N–H and O–H groups in total. The molecular formula is C17H15Cl2N3O7S. The van der Waals surface area contributed by atoms with Crippen molar-refractivity contribution in [1.82, 2.24) is 4.72 Å². The zero-order valence-electron chi connectivity index (χ0n) is 15.3. The van der Waals surface area contributed by atoms with Gasteiger partial charge < -0.3 is 10.1 Å². The molecule has 0 bridgehead atoms. The van der Waals surface area contributed by atoms with Crippen LogP contribution in [0.25, 0.3) is 0 Å². The maximum absolute atomic E-state index is 12.2. The lowest BCUT2D eigenvalue weighted by molar-refractivity contribution is -0.384. The first kappa shape index (κ1) is 23.5. The summed E-state index contributed by atoms with van der Waals surface area (Å²) in [7, 11) is -4.01. The Kier molecular flexibility index (Phi) is 7.73. The van der Waals surface area contributed by atoms with Crippen molar-refractivity contribution in [2.45, 2.75) is 17.9 Å². The predicted octanol–water partition coefficient (Wildman–Crippen LogP) is 2.75. The summed E-state index contributed by atoms with van der Waals surface area (Å²) >= 11 is 11.4. The maximum Gasteiger partial charge on any atom is 0.324 e. The molecule has 0 saturated heterocycles. The average molecular weight is 476 g/mol. The molecule has 0 aliphatic rings. The molecule has 2 aromatic rings. The van der Waals surface area contributed by atoms with Crippen LogP contribution < -0.4 is 10.0 Å². The number of nitro benzene ring substituents is 1. The molecule has 1 atom stereocenters. The van der Waals surface area contributed by atoms with Crippen LogP contribution in [0.2, 0.25) is 10.0 Å². The Bertz CT molecular complexity index is 1080. The number of sulfonamides is 1. The summed E-state index contributed by atoms with van der Waals surface area (Å²) in [5.74, 6) is -1.78. The number of esters is 1. The van der Waals surface area contributed by atoms with E-state index in [-0.39, 0.29) is 15.6 Å². The van der Waals surface area contributed by atoms with Gasteiger partial charge in [0.1, 0.15) is 11.1 Å². The summed E-state index contributed by atoms with van der Waals surface area (Å²) in [6.45, 7) is 0.512. The van der Waals surface area contributed by atoms with E-state index >= 15 is 0 Å². The van der Waals surface area contributed by atoms with Crippen molar-refractivity contribution < 1.29 is 27.7 Å². The number of halogens is 2. The Hall–Kier alpha value is -2.73. The Labute approximate surface area is 181 Å². The average Bonchev–Trinajstić information content (AvgIpc) is 2.67. The second-order valence-corrected chi connectivity index (χ2v) is 8.43. The molecule has 0 spiro atoms. The van der Waals surface area contributed by atoms with Crippen LogP contribution in [0.1, 0.15) is 6.92 Å². The molecule has 0 heterocycles. The van der Waals surface area contributed by atoms with Crippen LogP contribution in [0.4, 0.5) is 11.4 Å². The van der Waals surface area contributed by atoms with E-state index in [1.165, 1.54) is 43.3 Å². The molecule has 0 aromatic heterocycles. The monoisotopic (exact) mass is 475 g/mol. The molecule has 2 rings (SSSR count). The van der Waals surface area contributed by atoms with Crippen LogP contribution in [0.5, 0.6) is 0 Å². The highest BCUT2D eigenvalue weighted by Crippen LogP contribution is 2.27. The van der Waals surface area contributed by atoms with Crippen molar-refractivity contribution in [2.24, 2.45) is 0 Å². The minimum absolute atomic E-state index is 0.0728. The van der Waals surface area contributed by atoms with Gasteiger partial charge >= 0.3 is 5.97 Å². The Morgan fingerprint density at radius 1 is 1.17 bits per heavy atom. The summed E-state index contributed by atoms with van der Waals surface area (Å²) in [6, 6.07) is 7.62. The van der Waals surface area contributed by atoms with E-state index in [0.29, 0.717) is 5.02 Å². The molecule has 0 aliphatic heterocycles. The van der Waals surface area contributed by atoms with Gasteiger partial charge in [-0.1, -0.05) is 23.2 Å². The normalized spacial score (nSPS) is 12.1. The Balaban J connectivity index is 1.91. The van der Waals surface area contributed by atoms with Crippen LogP contribution in [0, 0.1) is 10.1 Å². The first-order valence-electron chi connectivity index (χ1n) is 8.18. The van der Waals surface area contributed by atoms with Crippen molar-refractivity contribution in [2.75, 3.05) is 11.9 Å². The number of anilines is 1. The summed E-state index contributed by atoms with van der Waals surface area (Å²) in [5, 5.41) is 13.4. The summed E-state index contributed by atoms with van der Waals surface area (Å²) in [4.78, 5) is 33.9. The first-order chi connectivity index (χ1) is 14.0. The number of nitrogens with zero attached hydrogens (tertiary/aromatic N) is 1. The number of hydrogen-bond donors (Lipinski definition) is 2. The van der Waals surface area contributed by atoms with E-state index in [0.717, 1.165) is 6.07 Å². The molecule has 10 nitrogen and oxygen atoms in total. The van der Waals surface area contributed by atoms with Gasteiger partial charge in [-0.25, -0.2) is 8.42 Å². The largest absolute Gasteiger partial charge is 0.454 e. The molecule has 30 heavy (non-hydrogen) atoms. The van der Waals surface area contributed by atoms with Crippen molar-refractivity contribution in [3.05, 3.63) is 62.6 Å². The number of nitro groups is 1. The molecule has 1 amide bonds. The van der Waals surface area contributed by atoms with E-state index in [1.807, 2.05) is 0 Å². The number of carbonyl (C=O) groups excluding carboxylic acids is 2. The molecular weight excluding hydrogens is 461 g/mol. The van der Waals surface area contributed by atoms with Crippen molar-refractivity contribution >= 4 is 56.5 Å². The highest BCUT2D eigenvalue weighted by Gasteiger charge is 2.24. The smallest absolute Gasteiger partial charge is 0.324 e. The summed E-state index contributed by atoms with van der Waals surface area (Å²) in [6.07, 6.45) is 0. The lowest BCUT2D eigenvalue weighted by Crippen LogP contribution is -2.40. The third-order valence-corrected chi connectivity index (χ3v) is 5.71. The van der Waals surface area contributed by atoms with Crippen LogP contribution in [-0.4, -0.2) is 37.9 Å². The second-order valence-electron chi connectivity index (χ2n) is 5.88. The number of nitrogens with one attached hydrogen (secondary N) is 2. The fourth-order valence-electron chi connectivity index (χ4n) is 2.15. The maximum atomic E-state index is 12.2. The molecule has 0 saturated carbocycles. The highest BCUT2D eigenvalue weighted by molar-refractivity contribution is 7.89. The van der Waals surface area contributed by atoms with Crippen LogP contribution in [0.15, 0.2) is 47.4 Å². The number of benzene rings is 2. The van der Waals surface area contributed by atoms with Gasteiger partial charge in [-0.05, 0) is 43.3 Å². The molecule has 0 aliphatic carbocycles. The van der Waals surface area contributed by atoms with E-state index in [2.05, 4.69) is 10.0 Å². The van der Waals surface area contributed by atoms with E-state index in [9.17, 15) is 28.1 Å². The fourth-order valence-corrected chi connectivity index (χ4v) is 3.66. The van der Waals surface area contributed by atoms with Crippen LogP contribution in [0.3, 0.4) is 0 Å². The van der Waals surface area contributed by atoms with E-state index in [1.54, 1.807) is 0 Å². The van der Waals surface area contributed by atoms with Gasteiger partial charge in [0, 0.05) is 16.8 Å². The lowest BCUT2D eigenvalue weighted by atomic mass is 10.3. The number of rotatable bonds is 8. The van der Waals surface area contributed by atoms with E-state index in [4.69, 9.17) is 27.9 Å². The zero-order valence-corrected chi connectivity index (χ0v) is 17.6. The minimum Gasteiger partial charge on any atom is -0.454 e. The van der Waals surface area contributed by atoms with Crippen molar-refractivity contribution in [3.63, 3.8) is 0 Å². The highest BCUT2D eigenvalue weighted by atomic mass is 35.5. The van der Waals surface area contributed by atoms with Crippen molar-refractivity contribution in [3.8, 4) is 0 Å². The quantitative estimate of drug-likeness (QED) is 0.339. The van der Waals surface area contributed by atoms with Gasteiger partial charge in [0.05, 0.1) is 9.82 Å². The van der Waals surface area contributed by atoms with Gasteiger partial charge in [0.2, 0.25) is 10.0 Å². The van der Waals surface area contributed by atoms with E-state index < -0.39 is 45.2 Å². The van der Waals surface area contributed by atoms with Crippen LogP contribution in [-0.2, 0) is 24.3 Å². The molecule has 0 radical (unpaired) electrons. The molecule has 160 valence electrons. The van der Waals surface area contributed by atoms with Crippen molar-refractivity contribution in [1.29, 1.82) is 0 Å². The number of hydrogen-bond acceptors (Lipinski definition) is 7. The number of carbonyl (C=O) groups is 2. The molecule has 0 fully saturated rings. The Morgan fingerprint density at radius 2 is 1.80 bits per heavy atom. The minimum atomic E-state index is -4.01. The third-order valence-electron chi connectivity index (χ3n) is 3.58. The Morgan fingerprint density at radius 3 is 2.40 bits per heavy atom. The third kappa shape index (κ3) is 6.39. The fraction of sp³-hybridized carbons (Fsp3) is 0.176. The first-order valence-corrected chi connectivity index (χ1v) is 10.4. The molecule has 0 unspecified atom stereocenters. The molecule has 2 aromatic carbocycles. The van der Waals surface area contributed by atoms with Gasteiger partial charge in [-0.2, -0.15) is 4.72 Å². The summed E-state index contributed by atoms with van der Waals surface area (Å²) < 4.78 is 31.4.